The molecule has 0 bridgehead atoms. The zero-order valence-electron chi connectivity index (χ0n) is 6.82. The molecule has 1 aromatic rings. The van der Waals surface area contributed by atoms with Crippen molar-refractivity contribution in [2.45, 2.75) is 6.10 Å². The Kier molecular flexibility index (Phi) is 1.90. The van der Waals surface area contributed by atoms with Crippen LogP contribution in [0.2, 0.25) is 0 Å². The lowest BCUT2D eigenvalue weighted by atomic mass is 10.1. The molecule has 0 aliphatic carbocycles. The number of nitrogens with two attached hydrogens (primary N) is 1. The predicted octanol–water partition coefficient (Wildman–Crippen LogP) is 0.380. The first-order chi connectivity index (χ1) is 6.29. The van der Waals surface area contributed by atoms with Crippen LogP contribution in [0.15, 0.2) is 18.2 Å². The van der Waals surface area contributed by atoms with E-state index in [1.807, 2.05) is 0 Å². The predicted molar refractivity (Wildman–Crippen MR) is 43.8 cm³/mol. The highest BCUT2D eigenvalue weighted by Gasteiger charge is 2.25. The standard InChI is InChI=1S/C9H8NO3/c10-9(11)8-6-3-1-2-4-7(6)12-5-13-8/h2-4,8H,5H2,(H2,10,11). The molecule has 67 valence electrons. The molecule has 0 aromatic heterocycles. The first kappa shape index (κ1) is 8.07. The van der Waals surface area contributed by atoms with Crippen LogP contribution in [0.3, 0.4) is 0 Å². The van der Waals surface area contributed by atoms with Crippen molar-refractivity contribution in [1.82, 2.24) is 0 Å². The number of benzene rings is 1. The van der Waals surface area contributed by atoms with Gasteiger partial charge in [-0.3, -0.25) is 4.79 Å². The van der Waals surface area contributed by atoms with Crippen molar-refractivity contribution < 1.29 is 14.3 Å². The fraction of sp³-hybridized carbons (Fsp3) is 0.222. The molecule has 1 radical (unpaired) electrons. The minimum absolute atomic E-state index is 0.0601. The van der Waals surface area contributed by atoms with Crippen LogP contribution in [-0.2, 0) is 9.53 Å². The van der Waals surface area contributed by atoms with E-state index in [1.165, 1.54) is 0 Å². The van der Waals surface area contributed by atoms with Gasteiger partial charge in [0.15, 0.2) is 12.9 Å². The highest BCUT2D eigenvalue weighted by molar-refractivity contribution is 5.81. The smallest absolute Gasteiger partial charge is 0.251 e. The van der Waals surface area contributed by atoms with Gasteiger partial charge in [-0.2, -0.15) is 0 Å². The lowest BCUT2D eigenvalue weighted by molar-refractivity contribution is -0.138. The summed E-state index contributed by atoms with van der Waals surface area (Å²) < 4.78 is 10.2. The lowest BCUT2D eigenvalue weighted by Crippen LogP contribution is -2.28. The number of ether oxygens (including phenoxy) is 2. The van der Waals surface area contributed by atoms with Gasteiger partial charge in [-0.1, -0.05) is 6.07 Å². The van der Waals surface area contributed by atoms with Crippen LogP contribution in [0, 0.1) is 6.07 Å². The molecule has 0 spiro atoms. The fourth-order valence-corrected chi connectivity index (χ4v) is 1.26. The molecule has 0 fully saturated rings. The highest BCUT2D eigenvalue weighted by atomic mass is 16.7. The van der Waals surface area contributed by atoms with E-state index in [4.69, 9.17) is 15.2 Å². The van der Waals surface area contributed by atoms with Crippen molar-refractivity contribution in [3.8, 4) is 5.75 Å². The van der Waals surface area contributed by atoms with E-state index in [0.29, 0.717) is 11.3 Å². The molecule has 1 aromatic carbocycles. The largest absolute Gasteiger partial charge is 0.467 e. The normalized spacial score (nSPS) is 20.2. The van der Waals surface area contributed by atoms with Crippen molar-refractivity contribution in [2.24, 2.45) is 5.73 Å². The van der Waals surface area contributed by atoms with Gasteiger partial charge in [0.05, 0.1) is 0 Å². The van der Waals surface area contributed by atoms with Crippen LogP contribution in [0.1, 0.15) is 11.7 Å². The second-order valence-electron chi connectivity index (χ2n) is 2.68. The molecule has 1 unspecified atom stereocenters. The second-order valence-corrected chi connectivity index (χ2v) is 2.68. The van der Waals surface area contributed by atoms with E-state index in [2.05, 4.69) is 6.07 Å². The first-order valence-corrected chi connectivity index (χ1v) is 3.83. The van der Waals surface area contributed by atoms with E-state index >= 15 is 0 Å². The summed E-state index contributed by atoms with van der Waals surface area (Å²) in [5, 5.41) is 0. The van der Waals surface area contributed by atoms with Gasteiger partial charge in [0.25, 0.3) is 5.91 Å². The molecule has 1 heterocycles. The van der Waals surface area contributed by atoms with Gasteiger partial charge in [0.2, 0.25) is 0 Å². The molecule has 1 amide bonds. The summed E-state index contributed by atoms with van der Waals surface area (Å²) in [5.41, 5.74) is 5.79. The van der Waals surface area contributed by atoms with E-state index in [1.54, 1.807) is 18.2 Å². The monoisotopic (exact) mass is 178 g/mol. The molecule has 0 saturated heterocycles. The maximum atomic E-state index is 10.9. The third-order valence-electron chi connectivity index (χ3n) is 1.84. The zero-order valence-corrected chi connectivity index (χ0v) is 6.82. The second kappa shape index (κ2) is 3.06. The molecule has 2 rings (SSSR count). The Bertz CT molecular complexity index is 337. The van der Waals surface area contributed by atoms with Gasteiger partial charge in [-0.05, 0) is 18.2 Å². The maximum Gasteiger partial charge on any atom is 0.251 e. The topological polar surface area (TPSA) is 61.6 Å². The summed E-state index contributed by atoms with van der Waals surface area (Å²) in [6, 6.07) is 7.92. The van der Waals surface area contributed by atoms with E-state index in [-0.39, 0.29) is 6.79 Å². The van der Waals surface area contributed by atoms with Crippen molar-refractivity contribution in [1.29, 1.82) is 0 Å². The molecule has 4 heteroatoms. The Balaban J connectivity index is 2.42. The minimum Gasteiger partial charge on any atom is -0.467 e. The molecule has 13 heavy (non-hydrogen) atoms. The van der Waals surface area contributed by atoms with Gasteiger partial charge in [-0.15, -0.1) is 0 Å². The van der Waals surface area contributed by atoms with Gasteiger partial charge in [0, 0.05) is 5.56 Å². The van der Waals surface area contributed by atoms with Crippen LogP contribution in [0.5, 0.6) is 5.75 Å². The van der Waals surface area contributed by atoms with Crippen LogP contribution >= 0.6 is 0 Å². The first-order valence-electron chi connectivity index (χ1n) is 3.83. The van der Waals surface area contributed by atoms with Gasteiger partial charge < -0.3 is 15.2 Å². The Labute approximate surface area is 75.2 Å². The Hall–Kier alpha value is -1.55. The third kappa shape index (κ3) is 1.36. The number of primary amides is 1. The summed E-state index contributed by atoms with van der Waals surface area (Å²) >= 11 is 0. The number of carbonyl (C=O) groups is 1. The van der Waals surface area contributed by atoms with Gasteiger partial charge in [0.1, 0.15) is 5.75 Å². The molecule has 1 aliphatic heterocycles. The average molecular weight is 178 g/mol. The molecule has 4 nitrogen and oxygen atoms in total. The molecule has 1 atom stereocenters. The van der Waals surface area contributed by atoms with Crippen molar-refractivity contribution in [3.63, 3.8) is 0 Å². The van der Waals surface area contributed by atoms with Crippen LogP contribution in [0.25, 0.3) is 0 Å². The molecule has 1 aliphatic rings. The summed E-state index contributed by atoms with van der Waals surface area (Å²) in [6.07, 6.45) is -0.707. The Morgan fingerprint density at radius 1 is 1.69 bits per heavy atom. The van der Waals surface area contributed by atoms with Crippen molar-refractivity contribution >= 4 is 5.91 Å². The maximum absolute atomic E-state index is 10.9. The number of amides is 1. The summed E-state index contributed by atoms with van der Waals surface area (Å²) in [7, 11) is 0. The molecular formula is C9H8NO3. The molecule has 2 N–H and O–H groups in total. The fourth-order valence-electron chi connectivity index (χ4n) is 1.26. The summed E-state index contributed by atoms with van der Waals surface area (Å²) in [6.45, 7) is 0.0601. The lowest BCUT2D eigenvalue weighted by Gasteiger charge is -2.23. The number of rotatable bonds is 1. The SMILES string of the molecule is NC(=O)C1OCOc2cc[c]cc21. The van der Waals surface area contributed by atoms with Crippen LogP contribution in [0.4, 0.5) is 0 Å². The quantitative estimate of drug-likeness (QED) is 0.676. The average Bonchev–Trinajstić information content (AvgIpc) is 2.17. The highest BCUT2D eigenvalue weighted by Crippen LogP contribution is 2.30. The van der Waals surface area contributed by atoms with E-state index in [9.17, 15) is 4.79 Å². The third-order valence-corrected chi connectivity index (χ3v) is 1.84. The summed E-state index contributed by atoms with van der Waals surface area (Å²) in [4.78, 5) is 10.9. The van der Waals surface area contributed by atoms with Crippen LogP contribution in [-0.4, -0.2) is 12.7 Å². The van der Waals surface area contributed by atoms with Crippen molar-refractivity contribution in [2.75, 3.05) is 6.79 Å². The van der Waals surface area contributed by atoms with Crippen molar-refractivity contribution in [3.05, 3.63) is 29.8 Å². The Morgan fingerprint density at radius 3 is 3.31 bits per heavy atom. The summed E-state index contributed by atoms with van der Waals surface area (Å²) in [5.74, 6) is 0.123. The van der Waals surface area contributed by atoms with Gasteiger partial charge in [-0.25, -0.2) is 0 Å². The zero-order chi connectivity index (χ0) is 9.26. The minimum atomic E-state index is -0.707. The number of hydrogen-bond acceptors (Lipinski definition) is 3. The number of hydrogen-bond donors (Lipinski definition) is 1. The van der Waals surface area contributed by atoms with E-state index in [0.717, 1.165) is 0 Å². The molecule has 0 saturated carbocycles. The van der Waals surface area contributed by atoms with Crippen LogP contribution < -0.4 is 10.5 Å². The number of carbonyl (C=O) groups excluding carboxylic acids is 1. The van der Waals surface area contributed by atoms with Gasteiger partial charge >= 0.3 is 0 Å². The Morgan fingerprint density at radius 2 is 2.54 bits per heavy atom. The molecular weight excluding hydrogens is 170 g/mol. The van der Waals surface area contributed by atoms with E-state index < -0.39 is 12.0 Å². The number of fused-ring (bicyclic) bond motifs is 1.